The number of rotatable bonds is 4. The van der Waals surface area contributed by atoms with Crippen LogP contribution >= 0.6 is 0 Å². The second kappa shape index (κ2) is 8.45. The first-order valence-corrected chi connectivity index (χ1v) is 10.8. The molecule has 7 heteroatoms. The molecule has 1 amide bonds. The molecule has 0 atom stereocenters. The Morgan fingerprint density at radius 1 is 1.09 bits per heavy atom. The highest BCUT2D eigenvalue weighted by atomic mass is 16.6. The first kappa shape index (κ1) is 23.6. The number of carbonyl (C=O) groups is 1. The number of aromatic hydroxyl groups is 1. The zero-order valence-electron chi connectivity index (χ0n) is 20.4. The van der Waals surface area contributed by atoms with Crippen molar-refractivity contribution in [2.75, 3.05) is 20.7 Å². The molecule has 0 unspecified atom stereocenters. The first-order valence-electron chi connectivity index (χ1n) is 10.8. The molecule has 7 nitrogen and oxygen atoms in total. The zero-order valence-corrected chi connectivity index (χ0v) is 20.4. The average Bonchev–Trinajstić information content (AvgIpc) is 3.05. The van der Waals surface area contributed by atoms with E-state index in [1.54, 1.807) is 25.0 Å². The van der Waals surface area contributed by atoms with Crippen molar-refractivity contribution in [1.29, 1.82) is 0 Å². The van der Waals surface area contributed by atoms with E-state index in [1.165, 1.54) is 4.90 Å². The minimum Gasteiger partial charge on any atom is -0.507 e. The van der Waals surface area contributed by atoms with Gasteiger partial charge in [-0.1, -0.05) is 41.5 Å². The number of hydrogen-bond donors (Lipinski definition) is 1. The summed E-state index contributed by atoms with van der Waals surface area (Å²) in [5.74, 6) is 0.339. The van der Waals surface area contributed by atoms with Crippen LogP contribution in [0.1, 0.15) is 52.7 Å². The van der Waals surface area contributed by atoms with Crippen LogP contribution < -0.4 is 0 Å². The fourth-order valence-corrected chi connectivity index (χ4v) is 3.64. The van der Waals surface area contributed by atoms with Gasteiger partial charge in [0.15, 0.2) is 5.65 Å². The SMILES string of the molecule is CN(C)C(=O)OCCn1nc(-c2cc(C(C)(C)C)c(O)c(C(C)(C)C)c2)c2cccnc21. The molecule has 1 N–H and O–H groups in total. The van der Waals surface area contributed by atoms with E-state index in [9.17, 15) is 9.90 Å². The number of amides is 1. The summed E-state index contributed by atoms with van der Waals surface area (Å²) in [5, 5.41) is 16.8. The molecule has 0 aliphatic heterocycles. The topological polar surface area (TPSA) is 80.5 Å². The Balaban J connectivity index is 2.13. The molecule has 0 spiro atoms. The minimum absolute atomic E-state index is 0.194. The Hall–Kier alpha value is -3.09. The third kappa shape index (κ3) is 4.71. The molecule has 0 fully saturated rings. The van der Waals surface area contributed by atoms with Crippen LogP contribution in [-0.2, 0) is 22.1 Å². The van der Waals surface area contributed by atoms with Gasteiger partial charge in [-0.25, -0.2) is 14.5 Å². The van der Waals surface area contributed by atoms with Crippen LogP contribution in [0, 0.1) is 0 Å². The van der Waals surface area contributed by atoms with Crippen LogP contribution in [0.2, 0.25) is 0 Å². The molecular formula is C25H34N4O3. The summed E-state index contributed by atoms with van der Waals surface area (Å²) in [6.07, 6.45) is 1.34. The van der Waals surface area contributed by atoms with Crippen molar-refractivity contribution in [3.63, 3.8) is 0 Å². The lowest BCUT2D eigenvalue weighted by atomic mass is 9.78. The van der Waals surface area contributed by atoms with E-state index >= 15 is 0 Å². The van der Waals surface area contributed by atoms with Crippen molar-refractivity contribution in [3.05, 3.63) is 41.6 Å². The van der Waals surface area contributed by atoms with Gasteiger partial charge in [0.1, 0.15) is 18.1 Å². The Labute approximate surface area is 190 Å². The number of pyridine rings is 1. The maximum absolute atomic E-state index is 11.8. The molecule has 3 aromatic rings. The average molecular weight is 439 g/mol. The monoisotopic (exact) mass is 438 g/mol. The van der Waals surface area contributed by atoms with Crippen molar-refractivity contribution in [2.45, 2.75) is 58.9 Å². The van der Waals surface area contributed by atoms with E-state index in [1.807, 2.05) is 24.3 Å². The second-order valence-corrected chi connectivity index (χ2v) is 10.4. The van der Waals surface area contributed by atoms with E-state index in [-0.39, 0.29) is 17.4 Å². The fraction of sp³-hybridized carbons (Fsp3) is 0.480. The molecule has 0 aliphatic rings. The Morgan fingerprint density at radius 2 is 1.69 bits per heavy atom. The van der Waals surface area contributed by atoms with Crippen molar-refractivity contribution >= 4 is 17.1 Å². The van der Waals surface area contributed by atoms with Crippen molar-refractivity contribution in [3.8, 4) is 17.0 Å². The second-order valence-electron chi connectivity index (χ2n) is 10.4. The van der Waals surface area contributed by atoms with E-state index in [2.05, 4.69) is 46.5 Å². The Kier molecular flexibility index (Phi) is 6.22. The van der Waals surface area contributed by atoms with Gasteiger partial charge in [-0.2, -0.15) is 5.10 Å². The largest absolute Gasteiger partial charge is 0.507 e. The summed E-state index contributed by atoms with van der Waals surface area (Å²) in [6, 6.07) is 7.93. The number of carbonyl (C=O) groups excluding carboxylic acids is 1. The molecule has 0 radical (unpaired) electrons. The maximum Gasteiger partial charge on any atom is 0.409 e. The number of benzene rings is 1. The molecule has 0 saturated carbocycles. The van der Waals surface area contributed by atoms with Crippen molar-refractivity contribution in [1.82, 2.24) is 19.7 Å². The van der Waals surface area contributed by atoms with Crippen molar-refractivity contribution < 1.29 is 14.6 Å². The molecular weight excluding hydrogens is 404 g/mol. The minimum atomic E-state index is -0.391. The highest BCUT2D eigenvalue weighted by Gasteiger charge is 2.28. The third-order valence-electron chi connectivity index (χ3n) is 5.40. The lowest BCUT2D eigenvalue weighted by Gasteiger charge is -2.28. The van der Waals surface area contributed by atoms with Gasteiger partial charge in [0, 0.05) is 42.4 Å². The highest BCUT2D eigenvalue weighted by Crippen LogP contribution is 2.42. The maximum atomic E-state index is 11.8. The number of phenols is 1. The van der Waals surface area contributed by atoms with Gasteiger partial charge in [0.25, 0.3) is 0 Å². The van der Waals surface area contributed by atoms with Gasteiger partial charge in [-0.15, -0.1) is 0 Å². The number of ether oxygens (including phenoxy) is 1. The summed E-state index contributed by atoms with van der Waals surface area (Å²) in [4.78, 5) is 17.7. The molecule has 0 saturated heterocycles. The number of nitrogens with zero attached hydrogens (tertiary/aromatic N) is 4. The Morgan fingerprint density at radius 3 is 2.22 bits per heavy atom. The number of fused-ring (bicyclic) bond motifs is 1. The van der Waals surface area contributed by atoms with Gasteiger partial charge in [-0.3, -0.25) is 0 Å². The van der Waals surface area contributed by atoms with Gasteiger partial charge in [-0.05, 0) is 35.1 Å². The van der Waals surface area contributed by atoms with E-state index in [0.717, 1.165) is 33.4 Å². The molecule has 172 valence electrons. The molecule has 32 heavy (non-hydrogen) atoms. The first-order chi connectivity index (χ1) is 14.8. The molecule has 3 rings (SSSR count). The molecule has 0 bridgehead atoms. The summed E-state index contributed by atoms with van der Waals surface area (Å²) < 4.78 is 7.05. The number of phenolic OH excluding ortho intramolecular Hbond substituents is 1. The predicted molar refractivity (Wildman–Crippen MR) is 127 cm³/mol. The van der Waals surface area contributed by atoms with Crippen LogP contribution in [0.3, 0.4) is 0 Å². The number of aromatic nitrogens is 3. The van der Waals surface area contributed by atoms with Crippen molar-refractivity contribution in [2.24, 2.45) is 0 Å². The normalized spacial score (nSPS) is 12.2. The fourth-order valence-electron chi connectivity index (χ4n) is 3.64. The van der Waals surface area contributed by atoms with Crippen LogP contribution in [0.4, 0.5) is 4.79 Å². The quantitative estimate of drug-likeness (QED) is 0.613. The van der Waals surface area contributed by atoms with E-state index in [0.29, 0.717) is 12.3 Å². The van der Waals surface area contributed by atoms with Crippen LogP contribution in [0.15, 0.2) is 30.5 Å². The summed E-state index contributed by atoms with van der Waals surface area (Å²) in [6.45, 7) is 13.1. The molecule has 1 aromatic carbocycles. The lowest BCUT2D eigenvalue weighted by molar-refractivity contribution is 0.114. The van der Waals surface area contributed by atoms with E-state index in [4.69, 9.17) is 9.84 Å². The van der Waals surface area contributed by atoms with Gasteiger partial charge < -0.3 is 14.7 Å². The Bertz CT molecular complexity index is 1100. The summed E-state index contributed by atoms with van der Waals surface area (Å²) in [5.41, 5.74) is 3.74. The molecule has 0 aliphatic carbocycles. The standard InChI is InChI=1S/C25H34N4O3/c1-24(2,3)18-14-16(15-19(21(18)30)25(4,5)6)20-17-10-9-11-26-22(17)29(27-20)12-13-32-23(31)28(7)8/h9-11,14-15,30H,12-13H2,1-8H3. The van der Waals surface area contributed by atoms with E-state index < -0.39 is 6.09 Å². The molecule has 2 heterocycles. The van der Waals surface area contributed by atoms with Crippen LogP contribution in [0.5, 0.6) is 5.75 Å². The van der Waals surface area contributed by atoms with Crippen LogP contribution in [0.25, 0.3) is 22.3 Å². The third-order valence-corrected chi connectivity index (χ3v) is 5.40. The highest BCUT2D eigenvalue weighted by molar-refractivity contribution is 5.91. The van der Waals surface area contributed by atoms with Gasteiger partial charge in [0.2, 0.25) is 0 Å². The van der Waals surface area contributed by atoms with Crippen LogP contribution in [-0.4, -0.2) is 51.6 Å². The van der Waals surface area contributed by atoms with Gasteiger partial charge in [0.05, 0.1) is 6.54 Å². The lowest BCUT2D eigenvalue weighted by Crippen LogP contribution is -2.24. The summed E-state index contributed by atoms with van der Waals surface area (Å²) >= 11 is 0. The predicted octanol–water partition coefficient (Wildman–Crippen LogP) is 5.10. The number of hydrogen-bond acceptors (Lipinski definition) is 5. The summed E-state index contributed by atoms with van der Waals surface area (Å²) in [7, 11) is 3.30. The smallest absolute Gasteiger partial charge is 0.409 e. The molecule has 2 aromatic heterocycles. The van der Waals surface area contributed by atoms with Gasteiger partial charge >= 0.3 is 6.09 Å². The zero-order chi connectivity index (χ0) is 23.8.